The number of piperidine rings is 1. The third-order valence-electron chi connectivity index (χ3n) is 4.06. The molecule has 1 heterocycles. The van der Waals surface area contributed by atoms with E-state index in [2.05, 4.69) is 14.0 Å². The highest BCUT2D eigenvalue weighted by molar-refractivity contribution is 4.61. The third-order valence-corrected chi connectivity index (χ3v) is 4.06. The number of hydrogen-bond donors (Lipinski definition) is 1. The van der Waals surface area contributed by atoms with Gasteiger partial charge in [-0.1, -0.05) is 32.6 Å². The molecule has 0 bridgehead atoms. The number of aliphatic hydroxyl groups is 1. The number of unbranched alkanes of at least 4 members (excludes halogenated alkanes) is 5. The van der Waals surface area contributed by atoms with Crippen molar-refractivity contribution in [3.8, 4) is 0 Å². The van der Waals surface area contributed by atoms with E-state index in [0.29, 0.717) is 0 Å². The first-order chi connectivity index (χ1) is 7.66. The van der Waals surface area contributed by atoms with Crippen LogP contribution in [0.2, 0.25) is 0 Å². The predicted molar refractivity (Wildman–Crippen MR) is 69.4 cm³/mol. The molecule has 1 fully saturated rings. The highest BCUT2D eigenvalue weighted by atomic mass is 16.3. The van der Waals surface area contributed by atoms with Gasteiger partial charge in [-0.15, -0.1) is 0 Å². The Morgan fingerprint density at radius 3 is 2.19 bits per heavy atom. The smallest absolute Gasteiger partial charge is 0.0809 e. The summed E-state index contributed by atoms with van der Waals surface area (Å²) in [5.41, 5.74) is 0. The van der Waals surface area contributed by atoms with Crippen molar-refractivity contribution in [2.24, 2.45) is 0 Å². The summed E-state index contributed by atoms with van der Waals surface area (Å²) in [7, 11) is 2.36. The lowest BCUT2D eigenvalue weighted by Gasteiger charge is -2.39. The van der Waals surface area contributed by atoms with Gasteiger partial charge in [0.25, 0.3) is 0 Å². The molecule has 0 aromatic rings. The van der Waals surface area contributed by atoms with E-state index in [-0.39, 0.29) is 6.10 Å². The summed E-state index contributed by atoms with van der Waals surface area (Å²) in [4.78, 5) is 0. The monoisotopic (exact) mass is 228 g/mol. The summed E-state index contributed by atoms with van der Waals surface area (Å²) >= 11 is 0. The summed E-state index contributed by atoms with van der Waals surface area (Å²) in [5, 5.41) is 9.50. The Bertz CT molecular complexity index is 174. The molecule has 16 heavy (non-hydrogen) atoms. The van der Waals surface area contributed by atoms with E-state index in [1.807, 2.05) is 0 Å². The fourth-order valence-corrected chi connectivity index (χ4v) is 2.67. The minimum atomic E-state index is -0.0178. The molecule has 0 atom stereocenters. The van der Waals surface area contributed by atoms with E-state index in [0.717, 1.165) is 12.8 Å². The van der Waals surface area contributed by atoms with Crippen LogP contribution in [-0.2, 0) is 0 Å². The van der Waals surface area contributed by atoms with E-state index >= 15 is 0 Å². The minimum Gasteiger partial charge on any atom is -0.393 e. The molecule has 1 aliphatic heterocycles. The van der Waals surface area contributed by atoms with Gasteiger partial charge in [-0.05, 0) is 12.8 Å². The van der Waals surface area contributed by atoms with Crippen LogP contribution in [0.1, 0.15) is 58.3 Å². The maximum absolute atomic E-state index is 9.50. The van der Waals surface area contributed by atoms with Gasteiger partial charge in [0.2, 0.25) is 0 Å². The van der Waals surface area contributed by atoms with Gasteiger partial charge >= 0.3 is 0 Å². The molecule has 0 saturated carbocycles. The zero-order valence-electron chi connectivity index (χ0n) is 11.2. The van der Waals surface area contributed by atoms with Crippen LogP contribution >= 0.6 is 0 Å². The third kappa shape index (κ3) is 5.31. The number of likely N-dealkylation sites (tertiary alicyclic amines) is 1. The Balaban J connectivity index is 2.03. The first kappa shape index (κ1) is 14.0. The standard InChI is InChI=1S/C14H30NO/c1-3-4-5-6-7-8-11-15(2)12-9-14(16)10-13-15/h14,16H,3-13H2,1-2H3/q+1. The van der Waals surface area contributed by atoms with Gasteiger partial charge in [-0.2, -0.15) is 0 Å². The van der Waals surface area contributed by atoms with Gasteiger partial charge in [0.05, 0.1) is 32.8 Å². The molecule has 1 rings (SSSR count). The molecular formula is C14H30NO+. The first-order valence-corrected chi connectivity index (χ1v) is 7.18. The molecule has 0 radical (unpaired) electrons. The van der Waals surface area contributed by atoms with Crippen LogP contribution in [0.4, 0.5) is 0 Å². The van der Waals surface area contributed by atoms with Crippen LogP contribution in [0.25, 0.3) is 0 Å². The molecule has 96 valence electrons. The average Bonchev–Trinajstić information content (AvgIpc) is 2.28. The molecule has 0 aliphatic carbocycles. The maximum Gasteiger partial charge on any atom is 0.0809 e. The summed E-state index contributed by atoms with van der Waals surface area (Å²) in [6.45, 7) is 5.94. The van der Waals surface area contributed by atoms with Gasteiger partial charge in [0.15, 0.2) is 0 Å². The van der Waals surface area contributed by atoms with Gasteiger partial charge in [-0.25, -0.2) is 0 Å². The average molecular weight is 228 g/mol. The van der Waals surface area contributed by atoms with Crippen molar-refractivity contribution < 1.29 is 9.59 Å². The topological polar surface area (TPSA) is 20.2 Å². The lowest BCUT2D eigenvalue weighted by molar-refractivity contribution is -0.915. The van der Waals surface area contributed by atoms with Crippen LogP contribution in [0.5, 0.6) is 0 Å². The molecule has 1 aliphatic rings. The van der Waals surface area contributed by atoms with Gasteiger partial charge in [0.1, 0.15) is 0 Å². The fourth-order valence-electron chi connectivity index (χ4n) is 2.67. The van der Waals surface area contributed by atoms with Gasteiger partial charge in [0, 0.05) is 12.8 Å². The Morgan fingerprint density at radius 2 is 1.56 bits per heavy atom. The Labute approximate surface area is 101 Å². The summed E-state index contributed by atoms with van der Waals surface area (Å²) < 4.78 is 1.20. The molecular weight excluding hydrogens is 198 g/mol. The number of rotatable bonds is 7. The Morgan fingerprint density at radius 1 is 1.00 bits per heavy atom. The summed E-state index contributed by atoms with van der Waals surface area (Å²) in [5.74, 6) is 0. The van der Waals surface area contributed by atoms with Crippen LogP contribution in [0, 0.1) is 0 Å². The molecule has 0 unspecified atom stereocenters. The molecule has 1 saturated heterocycles. The second-order valence-corrected chi connectivity index (χ2v) is 5.79. The highest BCUT2D eigenvalue weighted by Crippen LogP contribution is 2.18. The van der Waals surface area contributed by atoms with E-state index in [1.54, 1.807) is 0 Å². The second-order valence-electron chi connectivity index (χ2n) is 5.79. The molecule has 2 nitrogen and oxygen atoms in total. The van der Waals surface area contributed by atoms with Crippen LogP contribution in [0.15, 0.2) is 0 Å². The van der Waals surface area contributed by atoms with E-state index < -0.39 is 0 Å². The zero-order valence-corrected chi connectivity index (χ0v) is 11.2. The molecule has 0 aromatic heterocycles. The lowest BCUT2D eigenvalue weighted by atomic mass is 10.0. The Hall–Kier alpha value is -0.0800. The number of quaternary nitrogens is 1. The summed E-state index contributed by atoms with van der Waals surface area (Å²) in [6, 6.07) is 0. The van der Waals surface area contributed by atoms with Crippen LogP contribution < -0.4 is 0 Å². The lowest BCUT2D eigenvalue weighted by Crippen LogP contribution is -2.51. The summed E-state index contributed by atoms with van der Waals surface area (Å²) in [6.07, 6.45) is 10.3. The van der Waals surface area contributed by atoms with Gasteiger partial charge < -0.3 is 9.59 Å². The normalized spacial score (nSPS) is 30.6. The number of aliphatic hydroxyl groups excluding tert-OH is 1. The molecule has 0 spiro atoms. The van der Waals surface area contributed by atoms with Crippen molar-refractivity contribution in [1.82, 2.24) is 0 Å². The molecule has 0 amide bonds. The van der Waals surface area contributed by atoms with Crippen molar-refractivity contribution in [3.05, 3.63) is 0 Å². The minimum absolute atomic E-state index is 0.0178. The van der Waals surface area contributed by atoms with E-state index in [4.69, 9.17) is 0 Å². The largest absolute Gasteiger partial charge is 0.393 e. The second kappa shape index (κ2) is 7.29. The van der Waals surface area contributed by atoms with Gasteiger partial charge in [-0.3, -0.25) is 0 Å². The molecule has 2 heteroatoms. The Kier molecular flexibility index (Phi) is 6.37. The number of hydrogen-bond acceptors (Lipinski definition) is 1. The van der Waals surface area contributed by atoms with E-state index in [9.17, 15) is 5.11 Å². The van der Waals surface area contributed by atoms with Crippen LogP contribution in [0.3, 0.4) is 0 Å². The van der Waals surface area contributed by atoms with Crippen molar-refractivity contribution in [1.29, 1.82) is 0 Å². The predicted octanol–water partition coefficient (Wildman–Crippen LogP) is 2.95. The molecule has 0 aromatic carbocycles. The van der Waals surface area contributed by atoms with E-state index in [1.165, 1.54) is 62.6 Å². The van der Waals surface area contributed by atoms with Crippen molar-refractivity contribution in [2.75, 3.05) is 26.7 Å². The quantitative estimate of drug-likeness (QED) is 0.525. The fraction of sp³-hybridized carbons (Fsp3) is 1.00. The SMILES string of the molecule is CCCCCCCC[N+]1(C)CCC(O)CC1. The zero-order chi connectivity index (χ0) is 11.9. The van der Waals surface area contributed by atoms with Crippen molar-refractivity contribution >= 4 is 0 Å². The number of nitrogens with zero attached hydrogens (tertiary/aromatic N) is 1. The van der Waals surface area contributed by atoms with Crippen molar-refractivity contribution in [2.45, 2.75) is 64.4 Å². The first-order valence-electron chi connectivity index (χ1n) is 7.18. The van der Waals surface area contributed by atoms with Crippen molar-refractivity contribution in [3.63, 3.8) is 0 Å². The maximum atomic E-state index is 9.50. The highest BCUT2D eigenvalue weighted by Gasteiger charge is 2.28. The molecule has 1 N–H and O–H groups in total. The van der Waals surface area contributed by atoms with Crippen LogP contribution in [-0.4, -0.2) is 42.4 Å².